The topological polar surface area (TPSA) is 112 Å². The maximum atomic E-state index is 12.0. The summed E-state index contributed by atoms with van der Waals surface area (Å²) < 4.78 is 0. The van der Waals surface area contributed by atoms with Crippen molar-refractivity contribution < 1.29 is 24.6 Å². The van der Waals surface area contributed by atoms with Gasteiger partial charge in [-0.3, -0.25) is 9.82 Å². The van der Waals surface area contributed by atoms with Crippen LogP contribution in [0, 0.1) is 5.92 Å². The molecule has 26 heavy (non-hydrogen) atoms. The number of aliphatic carboxylic acids is 2. The van der Waals surface area contributed by atoms with Crippen LogP contribution in [0.15, 0.2) is 36.2 Å². The van der Waals surface area contributed by atoms with Crippen molar-refractivity contribution in [1.82, 2.24) is 15.4 Å². The van der Waals surface area contributed by atoms with E-state index in [0.29, 0.717) is 24.4 Å². The second-order valence-electron chi connectivity index (χ2n) is 7.34. The van der Waals surface area contributed by atoms with Crippen molar-refractivity contribution in [2.24, 2.45) is 5.92 Å². The van der Waals surface area contributed by atoms with Gasteiger partial charge < -0.3 is 15.1 Å². The number of carbonyl (C=O) groups is 2. The number of rotatable bonds is 4. The molecular weight excluding hydrogens is 338 g/mol. The van der Waals surface area contributed by atoms with E-state index in [1.165, 1.54) is 0 Å². The van der Waals surface area contributed by atoms with Gasteiger partial charge >= 0.3 is 11.9 Å². The molecule has 0 radical (unpaired) electrons. The van der Waals surface area contributed by atoms with Crippen LogP contribution in [-0.4, -0.2) is 57.3 Å². The lowest BCUT2D eigenvalue weighted by Gasteiger charge is -2.50. The first-order valence-electron chi connectivity index (χ1n) is 8.72. The number of nitrogens with one attached hydrogen (secondary N) is 1. The third kappa shape index (κ3) is 2.61. The van der Waals surface area contributed by atoms with E-state index in [2.05, 4.69) is 15.4 Å². The Balaban J connectivity index is 1.81. The molecule has 2 bridgehead atoms. The molecule has 0 aromatic carbocycles. The molecule has 4 aliphatic rings. The highest BCUT2D eigenvalue weighted by molar-refractivity contribution is 5.97. The number of piperidine rings is 3. The Hall–Kier alpha value is -2.29. The summed E-state index contributed by atoms with van der Waals surface area (Å²) >= 11 is 0. The van der Waals surface area contributed by atoms with Gasteiger partial charge in [0.1, 0.15) is 11.1 Å². The Morgan fingerprint density at radius 3 is 2.65 bits per heavy atom. The number of hydrogen-bond donors (Lipinski definition) is 3. The number of fused-ring (bicyclic) bond motifs is 2. The molecule has 3 N–H and O–H groups in total. The van der Waals surface area contributed by atoms with Crippen LogP contribution in [-0.2, 0) is 20.0 Å². The fourth-order valence-electron chi connectivity index (χ4n) is 4.72. The summed E-state index contributed by atoms with van der Waals surface area (Å²) in [5, 5.41) is 19.0. The fraction of sp³-hybridized carbons (Fsp3) is 0.500. The minimum absolute atomic E-state index is 0.244. The van der Waals surface area contributed by atoms with Crippen molar-refractivity contribution in [1.29, 1.82) is 0 Å². The van der Waals surface area contributed by atoms with E-state index in [-0.39, 0.29) is 5.57 Å². The Kier molecular flexibility index (Phi) is 4.06. The van der Waals surface area contributed by atoms with Crippen LogP contribution in [0.4, 0.5) is 0 Å². The fourth-order valence-corrected chi connectivity index (χ4v) is 4.72. The van der Waals surface area contributed by atoms with Crippen LogP contribution in [0.2, 0.25) is 0 Å². The van der Waals surface area contributed by atoms with Gasteiger partial charge in [0.05, 0.1) is 5.57 Å². The second kappa shape index (κ2) is 6.15. The van der Waals surface area contributed by atoms with Crippen LogP contribution in [0.3, 0.4) is 0 Å². The third-order valence-corrected chi connectivity index (χ3v) is 5.93. The molecule has 4 aliphatic heterocycles. The van der Waals surface area contributed by atoms with E-state index in [9.17, 15) is 19.8 Å². The van der Waals surface area contributed by atoms with Crippen LogP contribution in [0.1, 0.15) is 24.8 Å². The van der Waals surface area contributed by atoms with Crippen molar-refractivity contribution in [2.45, 2.75) is 30.4 Å². The lowest BCUT2D eigenvalue weighted by Crippen LogP contribution is -2.59. The number of hydrogen-bond acceptors (Lipinski definition) is 6. The van der Waals surface area contributed by atoms with Gasteiger partial charge in [-0.2, -0.15) is 5.48 Å². The van der Waals surface area contributed by atoms with Gasteiger partial charge in [0.25, 0.3) is 0 Å². The largest absolute Gasteiger partial charge is 0.478 e. The van der Waals surface area contributed by atoms with E-state index in [1.807, 2.05) is 0 Å². The summed E-state index contributed by atoms with van der Waals surface area (Å²) in [6, 6.07) is 3.46. The average molecular weight is 359 g/mol. The predicted molar refractivity (Wildman–Crippen MR) is 90.0 cm³/mol. The molecule has 8 nitrogen and oxygen atoms in total. The Morgan fingerprint density at radius 1 is 1.35 bits per heavy atom. The van der Waals surface area contributed by atoms with Gasteiger partial charge in [-0.25, -0.2) is 9.59 Å². The zero-order valence-electron chi connectivity index (χ0n) is 14.2. The van der Waals surface area contributed by atoms with Crippen molar-refractivity contribution in [3.8, 4) is 0 Å². The summed E-state index contributed by atoms with van der Waals surface area (Å²) in [5.74, 6) is -2.27. The predicted octanol–water partition coefficient (Wildman–Crippen LogP) is 0.762. The van der Waals surface area contributed by atoms with E-state index in [0.717, 1.165) is 32.0 Å². The molecule has 138 valence electrons. The quantitative estimate of drug-likeness (QED) is 0.676. The van der Waals surface area contributed by atoms with Gasteiger partial charge in [0.2, 0.25) is 0 Å². The minimum atomic E-state index is -1.30. The average Bonchev–Trinajstić information content (AvgIpc) is 3.01. The maximum Gasteiger partial charge on any atom is 0.334 e. The Morgan fingerprint density at radius 2 is 2.12 bits per heavy atom. The highest BCUT2D eigenvalue weighted by Crippen LogP contribution is 2.51. The van der Waals surface area contributed by atoms with Gasteiger partial charge in [-0.1, -0.05) is 6.07 Å². The molecule has 2 unspecified atom stereocenters. The van der Waals surface area contributed by atoms with Crippen molar-refractivity contribution in [2.75, 3.05) is 19.6 Å². The summed E-state index contributed by atoms with van der Waals surface area (Å²) in [6.45, 7) is 2.76. The first-order valence-corrected chi connectivity index (χ1v) is 8.72. The number of hydroxylamine groups is 1. The second-order valence-corrected chi connectivity index (χ2v) is 7.34. The monoisotopic (exact) mass is 359 g/mol. The molecule has 5 heterocycles. The maximum absolute atomic E-state index is 12.0. The lowest BCUT2D eigenvalue weighted by atomic mass is 9.67. The number of aromatic nitrogens is 1. The number of nitrogens with zero attached hydrogens (tertiary/aromatic N) is 2. The molecule has 4 fully saturated rings. The third-order valence-electron chi connectivity index (χ3n) is 5.93. The van der Waals surface area contributed by atoms with E-state index >= 15 is 0 Å². The van der Waals surface area contributed by atoms with E-state index in [4.69, 9.17) is 4.84 Å². The lowest BCUT2D eigenvalue weighted by molar-refractivity contribution is -0.154. The van der Waals surface area contributed by atoms with Crippen LogP contribution >= 0.6 is 0 Å². The van der Waals surface area contributed by atoms with Gasteiger partial charge in [0, 0.05) is 31.4 Å². The molecule has 4 saturated heterocycles. The highest BCUT2D eigenvalue weighted by atomic mass is 16.7. The summed E-state index contributed by atoms with van der Waals surface area (Å²) in [5.41, 5.74) is 1.50. The van der Waals surface area contributed by atoms with E-state index < -0.39 is 23.1 Å². The van der Waals surface area contributed by atoms with Crippen molar-refractivity contribution >= 4 is 11.9 Å². The van der Waals surface area contributed by atoms with E-state index in [1.54, 1.807) is 24.5 Å². The van der Waals surface area contributed by atoms with Gasteiger partial charge in [-0.05, 0) is 43.5 Å². The Bertz CT molecular complexity index is 759. The van der Waals surface area contributed by atoms with Crippen LogP contribution in [0.25, 0.3) is 0 Å². The summed E-state index contributed by atoms with van der Waals surface area (Å²) in [7, 11) is 0. The number of carboxylic acids is 2. The molecule has 0 amide bonds. The Labute approximate surface area is 150 Å². The minimum Gasteiger partial charge on any atom is -0.478 e. The smallest absolute Gasteiger partial charge is 0.334 e. The molecule has 1 aromatic heterocycles. The number of pyridine rings is 1. The first kappa shape index (κ1) is 17.1. The molecule has 5 rings (SSSR count). The van der Waals surface area contributed by atoms with Gasteiger partial charge in [-0.15, -0.1) is 0 Å². The zero-order chi connectivity index (χ0) is 18.4. The van der Waals surface area contributed by atoms with Crippen LogP contribution < -0.4 is 5.48 Å². The standard InChI is InChI=1S/C18H21N3O5/c22-15(23)8-14(16(24)25)18(13-2-1-5-19-9-13)10-17(26-20-18)11-21-6-3-12(17)4-7-21/h1-2,5,8-9,12,20H,3-4,6-7,10-11H2,(H,22,23)(H,24,25)/b14-8-. The highest BCUT2D eigenvalue weighted by Gasteiger charge is 2.60. The van der Waals surface area contributed by atoms with Crippen molar-refractivity contribution in [3.05, 3.63) is 41.7 Å². The first-order chi connectivity index (χ1) is 12.5. The molecule has 0 aliphatic carbocycles. The number of carboxylic acid groups (broad SMARTS) is 2. The SMILES string of the molecule is O=C(O)/C=C(/C(=O)O)C1(c2cccnc2)CC2(CN3CCC2CC3)ON1. The molecule has 0 saturated carbocycles. The van der Waals surface area contributed by atoms with Crippen molar-refractivity contribution in [3.63, 3.8) is 0 Å². The normalized spacial score (nSPS) is 36.4. The van der Waals surface area contributed by atoms with Gasteiger partial charge in [0.15, 0.2) is 0 Å². The molecule has 2 atom stereocenters. The molecule has 8 heteroatoms. The summed E-state index contributed by atoms with van der Waals surface area (Å²) in [6.07, 6.45) is 6.27. The molecule has 1 aromatic rings. The zero-order valence-corrected chi connectivity index (χ0v) is 14.2. The molecule has 1 spiro atoms. The molecular formula is C18H21N3O5. The van der Waals surface area contributed by atoms with Crippen LogP contribution in [0.5, 0.6) is 0 Å². The summed E-state index contributed by atoms with van der Waals surface area (Å²) in [4.78, 5) is 35.8.